The average molecular weight is 326 g/mol. The van der Waals surface area contributed by atoms with Gasteiger partial charge >= 0.3 is 0 Å². The molecule has 0 bridgehead atoms. The zero-order valence-electron chi connectivity index (χ0n) is 11.0. The highest BCUT2D eigenvalue weighted by Gasteiger charge is 2.08. The van der Waals surface area contributed by atoms with Crippen molar-refractivity contribution in [1.29, 1.82) is 0 Å². The van der Waals surface area contributed by atoms with Crippen LogP contribution in [0.5, 0.6) is 0 Å². The number of rotatable bonds is 5. The fourth-order valence-corrected chi connectivity index (χ4v) is 2.41. The predicted octanol–water partition coefficient (Wildman–Crippen LogP) is 3.50. The molecule has 0 saturated carbocycles. The van der Waals surface area contributed by atoms with Crippen molar-refractivity contribution >= 4 is 15.9 Å². The highest BCUT2D eigenvalue weighted by atomic mass is 79.9. The molecule has 2 rings (SSSR count). The van der Waals surface area contributed by atoms with Crippen molar-refractivity contribution in [2.75, 3.05) is 6.54 Å². The number of hydrogen-bond donors (Lipinski definition) is 1. The highest BCUT2D eigenvalue weighted by Crippen LogP contribution is 2.19. The summed E-state index contributed by atoms with van der Waals surface area (Å²) in [5.41, 5.74) is 2.16. The van der Waals surface area contributed by atoms with E-state index in [9.17, 15) is 4.39 Å². The molecule has 0 spiro atoms. The summed E-state index contributed by atoms with van der Waals surface area (Å²) >= 11 is 3.37. The Bertz CT molecular complexity index is 553. The molecule has 1 atom stereocenters. The quantitative estimate of drug-likeness (QED) is 0.911. The van der Waals surface area contributed by atoms with Crippen molar-refractivity contribution in [1.82, 2.24) is 15.1 Å². The van der Waals surface area contributed by atoms with E-state index in [1.165, 1.54) is 12.1 Å². The number of hydrogen-bond acceptors (Lipinski definition) is 2. The minimum atomic E-state index is -0.238. The van der Waals surface area contributed by atoms with Crippen molar-refractivity contribution in [3.05, 3.63) is 52.0 Å². The van der Waals surface area contributed by atoms with Crippen molar-refractivity contribution in [2.24, 2.45) is 0 Å². The number of halogens is 2. The molecule has 0 aliphatic carbocycles. The topological polar surface area (TPSA) is 29.9 Å². The normalized spacial score (nSPS) is 12.6. The lowest BCUT2D eigenvalue weighted by Gasteiger charge is -2.09. The molecule has 0 aliphatic rings. The standard InChI is InChI=1S/C14H17BrFN3/c1-3-17-10(2)12-7-18-19(9-12)8-11-4-5-13(16)6-14(11)15/h4-7,9-10,17H,3,8H2,1-2H3. The van der Waals surface area contributed by atoms with Gasteiger partial charge < -0.3 is 5.32 Å². The second kappa shape index (κ2) is 6.30. The first-order valence-corrected chi connectivity index (χ1v) is 7.09. The van der Waals surface area contributed by atoms with Gasteiger partial charge in [-0.3, -0.25) is 4.68 Å². The van der Waals surface area contributed by atoms with Crippen molar-refractivity contribution < 1.29 is 4.39 Å². The van der Waals surface area contributed by atoms with Gasteiger partial charge in [0.15, 0.2) is 0 Å². The second-order valence-electron chi connectivity index (χ2n) is 4.49. The van der Waals surface area contributed by atoms with E-state index in [1.54, 1.807) is 6.07 Å². The lowest BCUT2D eigenvalue weighted by molar-refractivity contribution is 0.596. The molecule has 0 fully saturated rings. The number of nitrogens with one attached hydrogen (secondary N) is 1. The Hall–Kier alpha value is -1.20. The first kappa shape index (κ1) is 14.2. The summed E-state index contributed by atoms with van der Waals surface area (Å²) in [7, 11) is 0. The third kappa shape index (κ3) is 3.64. The summed E-state index contributed by atoms with van der Waals surface area (Å²) in [6.07, 6.45) is 3.88. The monoisotopic (exact) mass is 325 g/mol. The first-order chi connectivity index (χ1) is 9.10. The van der Waals surface area contributed by atoms with Crippen LogP contribution >= 0.6 is 15.9 Å². The van der Waals surface area contributed by atoms with Crippen molar-refractivity contribution in [2.45, 2.75) is 26.4 Å². The average Bonchev–Trinajstić information content (AvgIpc) is 2.82. The predicted molar refractivity (Wildman–Crippen MR) is 77.5 cm³/mol. The zero-order valence-corrected chi connectivity index (χ0v) is 12.6. The lowest BCUT2D eigenvalue weighted by Crippen LogP contribution is -2.17. The Morgan fingerprint density at radius 3 is 2.95 bits per heavy atom. The molecule has 1 N–H and O–H groups in total. The molecule has 0 aliphatic heterocycles. The van der Waals surface area contributed by atoms with Crippen molar-refractivity contribution in [3.63, 3.8) is 0 Å². The van der Waals surface area contributed by atoms with Crippen LogP contribution in [0.2, 0.25) is 0 Å². The van der Waals surface area contributed by atoms with Gasteiger partial charge in [-0.15, -0.1) is 0 Å². The van der Waals surface area contributed by atoms with E-state index in [0.29, 0.717) is 6.54 Å². The molecule has 19 heavy (non-hydrogen) atoms. The molecule has 1 aromatic carbocycles. The van der Waals surface area contributed by atoms with Gasteiger partial charge in [0.1, 0.15) is 5.82 Å². The van der Waals surface area contributed by atoms with E-state index in [-0.39, 0.29) is 11.9 Å². The second-order valence-corrected chi connectivity index (χ2v) is 5.34. The van der Waals surface area contributed by atoms with Crippen LogP contribution < -0.4 is 5.32 Å². The first-order valence-electron chi connectivity index (χ1n) is 6.29. The van der Waals surface area contributed by atoms with Gasteiger partial charge in [-0.05, 0) is 31.2 Å². The minimum Gasteiger partial charge on any atom is -0.310 e. The number of aromatic nitrogens is 2. The van der Waals surface area contributed by atoms with Crippen LogP contribution in [0.4, 0.5) is 4.39 Å². The van der Waals surface area contributed by atoms with Crippen LogP contribution in [0.1, 0.15) is 31.0 Å². The van der Waals surface area contributed by atoms with E-state index in [4.69, 9.17) is 0 Å². The lowest BCUT2D eigenvalue weighted by atomic mass is 10.2. The molecule has 1 aromatic heterocycles. The number of benzene rings is 1. The van der Waals surface area contributed by atoms with Gasteiger partial charge in [0.05, 0.1) is 12.7 Å². The van der Waals surface area contributed by atoms with Gasteiger partial charge in [-0.2, -0.15) is 5.10 Å². The Morgan fingerprint density at radius 2 is 2.26 bits per heavy atom. The fourth-order valence-electron chi connectivity index (χ4n) is 1.94. The summed E-state index contributed by atoms with van der Waals surface area (Å²) in [5.74, 6) is -0.238. The summed E-state index contributed by atoms with van der Waals surface area (Å²) in [4.78, 5) is 0. The molecule has 1 heterocycles. The molecule has 0 saturated heterocycles. The summed E-state index contributed by atoms with van der Waals surface area (Å²) in [6.45, 7) is 5.74. The molecule has 0 radical (unpaired) electrons. The minimum absolute atomic E-state index is 0.238. The van der Waals surface area contributed by atoms with E-state index < -0.39 is 0 Å². The Balaban J connectivity index is 2.11. The Kier molecular flexibility index (Phi) is 4.71. The van der Waals surface area contributed by atoms with Crippen LogP contribution in [0.3, 0.4) is 0 Å². The van der Waals surface area contributed by atoms with Crippen molar-refractivity contribution in [3.8, 4) is 0 Å². The van der Waals surface area contributed by atoms with E-state index in [1.807, 2.05) is 17.1 Å². The van der Waals surface area contributed by atoms with Gasteiger partial charge in [-0.25, -0.2) is 4.39 Å². The molecular weight excluding hydrogens is 309 g/mol. The number of nitrogens with zero attached hydrogens (tertiary/aromatic N) is 2. The largest absolute Gasteiger partial charge is 0.310 e. The van der Waals surface area contributed by atoms with E-state index in [0.717, 1.165) is 22.1 Å². The van der Waals surface area contributed by atoms with Crippen LogP contribution in [0.25, 0.3) is 0 Å². The molecule has 102 valence electrons. The molecule has 0 amide bonds. The van der Waals surface area contributed by atoms with E-state index in [2.05, 4.69) is 40.2 Å². The zero-order chi connectivity index (χ0) is 13.8. The maximum Gasteiger partial charge on any atom is 0.124 e. The van der Waals surface area contributed by atoms with Crippen LogP contribution in [0.15, 0.2) is 35.1 Å². The highest BCUT2D eigenvalue weighted by molar-refractivity contribution is 9.10. The third-order valence-corrected chi connectivity index (χ3v) is 3.75. The van der Waals surface area contributed by atoms with Gasteiger partial charge in [0.2, 0.25) is 0 Å². The van der Waals surface area contributed by atoms with E-state index >= 15 is 0 Å². The van der Waals surface area contributed by atoms with Gasteiger partial charge in [-0.1, -0.05) is 28.9 Å². The van der Waals surface area contributed by atoms with Crippen LogP contribution in [-0.2, 0) is 6.54 Å². The smallest absolute Gasteiger partial charge is 0.124 e. The maximum atomic E-state index is 13.0. The van der Waals surface area contributed by atoms with Gasteiger partial charge in [0, 0.05) is 22.3 Å². The van der Waals surface area contributed by atoms with Crippen LogP contribution in [0, 0.1) is 5.82 Å². The molecule has 5 heteroatoms. The molecular formula is C14H17BrFN3. The summed E-state index contributed by atoms with van der Waals surface area (Å²) in [6, 6.07) is 5.00. The molecule has 2 aromatic rings. The van der Waals surface area contributed by atoms with Crippen LogP contribution in [-0.4, -0.2) is 16.3 Å². The Morgan fingerprint density at radius 1 is 1.47 bits per heavy atom. The fraction of sp³-hybridized carbons (Fsp3) is 0.357. The maximum absolute atomic E-state index is 13.0. The molecule has 1 unspecified atom stereocenters. The SMILES string of the molecule is CCNC(C)c1cnn(Cc2ccc(F)cc2Br)c1. The molecule has 3 nitrogen and oxygen atoms in total. The Labute approximate surface area is 121 Å². The summed E-state index contributed by atoms with van der Waals surface area (Å²) < 4.78 is 15.7. The third-order valence-electron chi connectivity index (χ3n) is 3.01. The van der Waals surface area contributed by atoms with Gasteiger partial charge in [0.25, 0.3) is 0 Å². The summed E-state index contributed by atoms with van der Waals surface area (Å²) in [5, 5.41) is 7.69.